The van der Waals surface area contributed by atoms with E-state index in [1.807, 2.05) is 29.3 Å². The highest BCUT2D eigenvalue weighted by Gasteiger charge is 2.23. The zero-order valence-corrected chi connectivity index (χ0v) is 13.6. The Bertz CT molecular complexity index is 798. The van der Waals surface area contributed by atoms with E-state index < -0.39 is 0 Å². The van der Waals surface area contributed by atoms with Crippen LogP contribution in [0.3, 0.4) is 0 Å². The topological polar surface area (TPSA) is 52.0 Å². The minimum absolute atomic E-state index is 0.112. The first-order valence-electron chi connectivity index (χ1n) is 8.22. The van der Waals surface area contributed by atoms with Crippen LogP contribution >= 0.6 is 0 Å². The van der Waals surface area contributed by atoms with Gasteiger partial charge in [-0.2, -0.15) is 5.10 Å². The van der Waals surface area contributed by atoms with Crippen LogP contribution in [0.1, 0.15) is 18.6 Å². The minimum Gasteiger partial charge on any atom is -0.371 e. The number of benzene rings is 1. The fourth-order valence-electron chi connectivity index (χ4n) is 3.11. The lowest BCUT2D eigenvalue weighted by molar-refractivity contribution is -0.000215. The Morgan fingerprint density at radius 1 is 1.17 bits per heavy atom. The summed E-state index contributed by atoms with van der Waals surface area (Å²) in [5, 5.41) is 7.71. The number of nitrogens with zero attached hydrogens (tertiary/aromatic N) is 3. The molecule has 0 aliphatic carbocycles. The van der Waals surface area contributed by atoms with Gasteiger partial charge in [-0.05, 0) is 30.2 Å². The van der Waals surface area contributed by atoms with Gasteiger partial charge in [0, 0.05) is 36.7 Å². The van der Waals surface area contributed by atoms with E-state index in [1.54, 1.807) is 6.20 Å². The van der Waals surface area contributed by atoms with Crippen molar-refractivity contribution >= 4 is 0 Å². The minimum atomic E-state index is 0.112. The van der Waals surface area contributed by atoms with Crippen LogP contribution in [0.4, 0.5) is 0 Å². The smallest absolute Gasteiger partial charge is 0.0975 e. The number of ether oxygens (including phenoxy) is 1. The first-order chi connectivity index (χ1) is 11.8. The van der Waals surface area contributed by atoms with Gasteiger partial charge < -0.3 is 10.1 Å². The van der Waals surface area contributed by atoms with Crippen molar-refractivity contribution in [1.29, 1.82) is 0 Å². The molecule has 0 amide bonds. The van der Waals surface area contributed by atoms with E-state index in [2.05, 4.69) is 52.7 Å². The molecular formula is C19H20N4O. The van der Waals surface area contributed by atoms with Crippen LogP contribution in [-0.2, 0) is 4.74 Å². The number of aromatic nitrogens is 3. The van der Waals surface area contributed by atoms with E-state index >= 15 is 0 Å². The van der Waals surface area contributed by atoms with E-state index in [0.717, 1.165) is 30.0 Å². The third kappa shape index (κ3) is 2.96. The largest absolute Gasteiger partial charge is 0.371 e. The monoisotopic (exact) mass is 320 g/mol. The van der Waals surface area contributed by atoms with Gasteiger partial charge in [-0.25, -0.2) is 4.68 Å². The second kappa shape index (κ2) is 6.55. The molecule has 1 aromatic carbocycles. The lowest BCUT2D eigenvalue weighted by atomic mass is 9.99. The molecule has 0 radical (unpaired) electrons. The van der Waals surface area contributed by atoms with Crippen molar-refractivity contribution in [2.24, 2.45) is 0 Å². The fraction of sp³-hybridized carbons (Fsp3) is 0.263. The molecule has 1 aliphatic heterocycles. The summed E-state index contributed by atoms with van der Waals surface area (Å²) in [5.74, 6) is 0. The van der Waals surface area contributed by atoms with Crippen molar-refractivity contribution in [3.63, 3.8) is 0 Å². The van der Waals surface area contributed by atoms with Gasteiger partial charge in [0.25, 0.3) is 0 Å². The zero-order chi connectivity index (χ0) is 16.4. The van der Waals surface area contributed by atoms with Gasteiger partial charge >= 0.3 is 0 Å². The highest BCUT2D eigenvalue weighted by molar-refractivity contribution is 5.65. The van der Waals surface area contributed by atoms with Crippen LogP contribution in [0.2, 0.25) is 0 Å². The lowest BCUT2D eigenvalue weighted by Crippen LogP contribution is -2.41. The van der Waals surface area contributed by atoms with Crippen LogP contribution in [-0.4, -0.2) is 34.0 Å². The molecule has 3 aromatic rings. The molecular weight excluding hydrogens is 300 g/mol. The van der Waals surface area contributed by atoms with Gasteiger partial charge in [-0.1, -0.05) is 24.3 Å². The third-order valence-electron chi connectivity index (χ3n) is 4.39. The molecule has 4 rings (SSSR count). The van der Waals surface area contributed by atoms with Crippen LogP contribution in [0.25, 0.3) is 16.8 Å². The van der Waals surface area contributed by atoms with Crippen molar-refractivity contribution < 1.29 is 4.74 Å². The van der Waals surface area contributed by atoms with Crippen LogP contribution in [0, 0.1) is 0 Å². The van der Waals surface area contributed by atoms with Gasteiger partial charge in [0.15, 0.2) is 0 Å². The van der Waals surface area contributed by atoms with Crippen molar-refractivity contribution in [3.05, 3.63) is 66.7 Å². The Labute approximate surface area is 141 Å². The maximum absolute atomic E-state index is 5.90. The molecule has 1 fully saturated rings. The quantitative estimate of drug-likeness (QED) is 0.806. The first-order valence-corrected chi connectivity index (χ1v) is 8.22. The average molecular weight is 320 g/mol. The molecule has 5 heteroatoms. The van der Waals surface area contributed by atoms with Crippen LogP contribution in [0.15, 0.2) is 61.2 Å². The highest BCUT2D eigenvalue weighted by atomic mass is 16.5. The third-order valence-corrected chi connectivity index (χ3v) is 4.39. The maximum Gasteiger partial charge on any atom is 0.0975 e. The Morgan fingerprint density at radius 3 is 2.79 bits per heavy atom. The molecule has 0 saturated carbocycles. The molecule has 5 nitrogen and oxygen atoms in total. The lowest BCUT2D eigenvalue weighted by Gasteiger charge is -2.30. The summed E-state index contributed by atoms with van der Waals surface area (Å²) in [6, 6.07) is 12.9. The molecule has 1 saturated heterocycles. The molecule has 3 heterocycles. The Morgan fingerprint density at radius 2 is 2.04 bits per heavy atom. The van der Waals surface area contributed by atoms with Crippen molar-refractivity contribution in [3.8, 4) is 16.8 Å². The van der Waals surface area contributed by atoms with Crippen LogP contribution < -0.4 is 5.32 Å². The highest BCUT2D eigenvalue weighted by Crippen LogP contribution is 2.27. The fourth-order valence-corrected chi connectivity index (χ4v) is 3.11. The summed E-state index contributed by atoms with van der Waals surface area (Å²) in [6.07, 6.45) is 7.48. The zero-order valence-electron chi connectivity index (χ0n) is 13.6. The van der Waals surface area contributed by atoms with E-state index in [1.165, 1.54) is 5.56 Å². The summed E-state index contributed by atoms with van der Waals surface area (Å²) < 4.78 is 7.72. The van der Waals surface area contributed by atoms with Gasteiger partial charge in [-0.15, -0.1) is 0 Å². The predicted molar refractivity (Wildman–Crippen MR) is 93.0 cm³/mol. The molecule has 1 aliphatic rings. The SMILES string of the molecule is C[C@@H]1NCCO[C@H]1c1ccc(-c2cncc(-n3cccn3)c2)cc1. The molecule has 0 bridgehead atoms. The predicted octanol–water partition coefficient (Wildman–Crippen LogP) is 2.98. The molecule has 1 N–H and O–H groups in total. The second-order valence-corrected chi connectivity index (χ2v) is 6.04. The van der Waals surface area contributed by atoms with E-state index in [-0.39, 0.29) is 6.10 Å². The molecule has 2 aromatic heterocycles. The summed E-state index contributed by atoms with van der Waals surface area (Å²) in [5.41, 5.74) is 4.37. The van der Waals surface area contributed by atoms with E-state index in [0.29, 0.717) is 6.04 Å². The van der Waals surface area contributed by atoms with Gasteiger partial charge in [0.2, 0.25) is 0 Å². The average Bonchev–Trinajstić information content (AvgIpc) is 3.17. The summed E-state index contributed by atoms with van der Waals surface area (Å²) in [4.78, 5) is 4.35. The summed E-state index contributed by atoms with van der Waals surface area (Å²) in [7, 11) is 0. The Balaban J connectivity index is 1.60. The normalized spacial score (nSPS) is 20.9. The number of hydrogen-bond donors (Lipinski definition) is 1. The van der Waals surface area contributed by atoms with Crippen molar-refractivity contribution in [1.82, 2.24) is 20.1 Å². The van der Waals surface area contributed by atoms with E-state index in [4.69, 9.17) is 4.74 Å². The van der Waals surface area contributed by atoms with Gasteiger partial charge in [0.1, 0.15) is 0 Å². The molecule has 0 spiro atoms. The number of nitrogens with one attached hydrogen (secondary N) is 1. The van der Waals surface area contributed by atoms with Crippen LogP contribution in [0.5, 0.6) is 0 Å². The number of rotatable bonds is 3. The first kappa shape index (κ1) is 15.1. The molecule has 2 atom stereocenters. The standard InChI is InChI=1S/C19H20N4O/c1-14-19(24-10-8-21-14)16-5-3-15(4-6-16)17-11-18(13-20-12-17)23-9-2-7-22-23/h2-7,9,11-14,19,21H,8,10H2,1H3/t14-,19+/m0/s1. The number of hydrogen-bond acceptors (Lipinski definition) is 4. The Kier molecular flexibility index (Phi) is 4.11. The molecule has 24 heavy (non-hydrogen) atoms. The van der Waals surface area contributed by atoms with Crippen molar-refractivity contribution in [2.75, 3.05) is 13.2 Å². The number of morpholine rings is 1. The Hall–Kier alpha value is -2.50. The number of pyridine rings is 1. The summed E-state index contributed by atoms with van der Waals surface area (Å²) in [6.45, 7) is 3.84. The molecule has 0 unspecified atom stereocenters. The molecule has 122 valence electrons. The summed E-state index contributed by atoms with van der Waals surface area (Å²) >= 11 is 0. The van der Waals surface area contributed by atoms with Gasteiger partial charge in [-0.3, -0.25) is 4.98 Å². The maximum atomic E-state index is 5.90. The van der Waals surface area contributed by atoms with E-state index in [9.17, 15) is 0 Å². The van der Waals surface area contributed by atoms with Gasteiger partial charge in [0.05, 0.1) is 24.6 Å². The van der Waals surface area contributed by atoms with Crippen molar-refractivity contribution in [2.45, 2.75) is 19.1 Å². The second-order valence-electron chi connectivity index (χ2n) is 6.04.